The molecule has 20 heavy (non-hydrogen) atoms. The van der Waals surface area contributed by atoms with E-state index in [1.54, 1.807) is 6.20 Å². The molecule has 1 aromatic heterocycles. The van der Waals surface area contributed by atoms with Crippen molar-refractivity contribution in [1.29, 1.82) is 0 Å². The summed E-state index contributed by atoms with van der Waals surface area (Å²) < 4.78 is 5.33. The number of hydrogen-bond donors (Lipinski definition) is 2. The van der Waals surface area contributed by atoms with Crippen molar-refractivity contribution in [3.8, 4) is 0 Å². The molecule has 0 spiro atoms. The van der Waals surface area contributed by atoms with Crippen LogP contribution in [0.5, 0.6) is 0 Å². The van der Waals surface area contributed by atoms with Crippen LogP contribution in [0, 0.1) is 6.92 Å². The third-order valence-corrected chi connectivity index (χ3v) is 3.48. The van der Waals surface area contributed by atoms with E-state index < -0.39 is 0 Å². The van der Waals surface area contributed by atoms with E-state index in [1.807, 2.05) is 19.1 Å². The summed E-state index contributed by atoms with van der Waals surface area (Å²) in [5, 5.41) is 6.11. The van der Waals surface area contributed by atoms with Gasteiger partial charge in [0.05, 0.1) is 18.8 Å². The minimum atomic E-state index is -0.194. The van der Waals surface area contributed by atoms with Gasteiger partial charge in [-0.3, -0.25) is 4.79 Å². The number of carbonyl (C=O) groups is 1. The first-order chi connectivity index (χ1) is 9.72. The van der Waals surface area contributed by atoms with Crippen LogP contribution in [-0.4, -0.2) is 16.9 Å². The Balaban J connectivity index is 1.59. The molecule has 1 atom stereocenters. The van der Waals surface area contributed by atoms with Crippen molar-refractivity contribution in [3.05, 3.63) is 53.2 Å². The number of amides is 1. The molecule has 1 unspecified atom stereocenters. The summed E-state index contributed by atoms with van der Waals surface area (Å²) in [4.78, 5) is 16.2. The molecular weight excluding hydrogens is 254 g/mol. The fraction of sp³-hybridized carbons (Fsp3) is 0.333. The summed E-state index contributed by atoms with van der Waals surface area (Å²) in [5.41, 5.74) is 2.50. The molecule has 0 fully saturated rings. The Hall–Kier alpha value is -2.14. The second-order valence-corrected chi connectivity index (χ2v) is 4.99. The van der Waals surface area contributed by atoms with Crippen molar-refractivity contribution in [2.24, 2.45) is 0 Å². The molecule has 1 amide bonds. The maximum Gasteiger partial charge on any atom is 0.237 e. The molecule has 2 aromatic rings. The summed E-state index contributed by atoms with van der Waals surface area (Å²) in [7, 11) is 0. The molecule has 2 heterocycles. The lowest BCUT2D eigenvalue weighted by molar-refractivity contribution is -0.123. The highest BCUT2D eigenvalue weighted by molar-refractivity contribution is 5.82. The standard InChI is InChI=1S/C15H17N3O2/c1-10-7-17-14(20-10)9-18-15(19)13-6-11-4-2-3-5-12(11)8-16-13/h2-5,7,13,16H,6,8-9H2,1H3,(H,18,19). The zero-order valence-corrected chi connectivity index (χ0v) is 11.3. The minimum absolute atomic E-state index is 0.0182. The first-order valence-corrected chi connectivity index (χ1v) is 6.71. The SMILES string of the molecule is Cc1cnc(CNC(=O)C2Cc3ccccc3CN2)o1. The number of nitrogens with one attached hydrogen (secondary N) is 2. The Bertz CT molecular complexity index is 621. The first-order valence-electron chi connectivity index (χ1n) is 6.71. The monoisotopic (exact) mass is 271 g/mol. The summed E-state index contributed by atoms with van der Waals surface area (Å²) >= 11 is 0. The molecule has 1 aliphatic rings. The lowest BCUT2D eigenvalue weighted by Gasteiger charge is -2.25. The largest absolute Gasteiger partial charge is 0.444 e. The van der Waals surface area contributed by atoms with E-state index in [2.05, 4.69) is 27.8 Å². The lowest BCUT2D eigenvalue weighted by atomic mass is 9.95. The minimum Gasteiger partial charge on any atom is -0.444 e. The van der Waals surface area contributed by atoms with Gasteiger partial charge in [0, 0.05) is 6.54 Å². The normalized spacial score (nSPS) is 17.6. The zero-order valence-electron chi connectivity index (χ0n) is 11.3. The van der Waals surface area contributed by atoms with E-state index in [1.165, 1.54) is 11.1 Å². The van der Waals surface area contributed by atoms with Crippen LogP contribution in [-0.2, 0) is 24.3 Å². The van der Waals surface area contributed by atoms with Crippen LogP contribution in [0.15, 0.2) is 34.9 Å². The maximum absolute atomic E-state index is 12.1. The number of fused-ring (bicyclic) bond motifs is 1. The van der Waals surface area contributed by atoms with Crippen molar-refractivity contribution in [2.75, 3.05) is 0 Å². The van der Waals surface area contributed by atoms with Gasteiger partial charge in [-0.1, -0.05) is 24.3 Å². The fourth-order valence-electron chi connectivity index (χ4n) is 2.41. The summed E-state index contributed by atoms with van der Waals surface area (Å²) in [6, 6.07) is 8.00. The van der Waals surface area contributed by atoms with Crippen LogP contribution in [0.1, 0.15) is 22.8 Å². The summed E-state index contributed by atoms with van der Waals surface area (Å²) in [6.07, 6.45) is 2.36. The van der Waals surface area contributed by atoms with Crippen molar-refractivity contribution in [1.82, 2.24) is 15.6 Å². The molecule has 0 radical (unpaired) electrons. The molecule has 0 saturated carbocycles. The second-order valence-electron chi connectivity index (χ2n) is 4.99. The summed E-state index contributed by atoms with van der Waals surface area (Å²) in [5.74, 6) is 1.27. The van der Waals surface area contributed by atoms with E-state index >= 15 is 0 Å². The number of hydrogen-bond acceptors (Lipinski definition) is 4. The average molecular weight is 271 g/mol. The first kappa shape index (κ1) is 12.9. The Labute approximate surface area is 117 Å². The highest BCUT2D eigenvalue weighted by Crippen LogP contribution is 2.16. The molecule has 5 nitrogen and oxygen atoms in total. The lowest BCUT2D eigenvalue weighted by Crippen LogP contribution is -2.47. The van der Waals surface area contributed by atoms with Crippen LogP contribution in [0.25, 0.3) is 0 Å². The number of nitrogens with zero attached hydrogens (tertiary/aromatic N) is 1. The van der Waals surface area contributed by atoms with Gasteiger partial charge in [-0.15, -0.1) is 0 Å². The van der Waals surface area contributed by atoms with Crippen LogP contribution < -0.4 is 10.6 Å². The van der Waals surface area contributed by atoms with Crippen LogP contribution >= 0.6 is 0 Å². The fourth-order valence-corrected chi connectivity index (χ4v) is 2.41. The number of benzene rings is 1. The van der Waals surface area contributed by atoms with Gasteiger partial charge >= 0.3 is 0 Å². The number of rotatable bonds is 3. The highest BCUT2D eigenvalue weighted by atomic mass is 16.4. The molecule has 2 N–H and O–H groups in total. The third-order valence-electron chi connectivity index (χ3n) is 3.48. The molecule has 1 aromatic carbocycles. The quantitative estimate of drug-likeness (QED) is 0.883. The van der Waals surface area contributed by atoms with E-state index in [9.17, 15) is 4.79 Å². The van der Waals surface area contributed by atoms with E-state index in [4.69, 9.17) is 4.42 Å². The van der Waals surface area contributed by atoms with Crippen molar-refractivity contribution >= 4 is 5.91 Å². The molecular formula is C15H17N3O2. The van der Waals surface area contributed by atoms with Gasteiger partial charge in [0.15, 0.2) is 0 Å². The Morgan fingerprint density at radius 3 is 3.00 bits per heavy atom. The van der Waals surface area contributed by atoms with Crippen molar-refractivity contribution < 1.29 is 9.21 Å². The maximum atomic E-state index is 12.1. The highest BCUT2D eigenvalue weighted by Gasteiger charge is 2.23. The molecule has 0 aliphatic carbocycles. The number of oxazole rings is 1. The predicted molar refractivity (Wildman–Crippen MR) is 73.9 cm³/mol. The zero-order chi connectivity index (χ0) is 13.9. The van der Waals surface area contributed by atoms with Gasteiger partial charge in [0.1, 0.15) is 5.76 Å². The second kappa shape index (κ2) is 5.46. The van der Waals surface area contributed by atoms with E-state index in [0.29, 0.717) is 18.9 Å². The van der Waals surface area contributed by atoms with Gasteiger partial charge in [-0.2, -0.15) is 0 Å². The number of carbonyl (C=O) groups excluding carboxylic acids is 1. The molecule has 0 bridgehead atoms. The number of aromatic nitrogens is 1. The molecule has 1 aliphatic heterocycles. The van der Waals surface area contributed by atoms with Crippen LogP contribution in [0.3, 0.4) is 0 Å². The molecule has 104 valence electrons. The Morgan fingerprint density at radius 1 is 1.45 bits per heavy atom. The average Bonchev–Trinajstić information content (AvgIpc) is 2.90. The third kappa shape index (κ3) is 2.72. The van der Waals surface area contributed by atoms with Gasteiger partial charge in [-0.05, 0) is 24.5 Å². The molecule has 0 saturated heterocycles. The van der Waals surface area contributed by atoms with Gasteiger partial charge < -0.3 is 15.1 Å². The smallest absolute Gasteiger partial charge is 0.237 e. The van der Waals surface area contributed by atoms with E-state index in [-0.39, 0.29) is 11.9 Å². The summed E-state index contributed by atoms with van der Waals surface area (Å²) in [6.45, 7) is 2.89. The molecule has 3 rings (SSSR count). The van der Waals surface area contributed by atoms with Gasteiger partial charge in [0.2, 0.25) is 11.8 Å². The van der Waals surface area contributed by atoms with Crippen LogP contribution in [0.4, 0.5) is 0 Å². The predicted octanol–water partition coefficient (Wildman–Crippen LogP) is 1.31. The van der Waals surface area contributed by atoms with Crippen molar-refractivity contribution in [2.45, 2.75) is 32.5 Å². The van der Waals surface area contributed by atoms with Gasteiger partial charge in [0.25, 0.3) is 0 Å². The molecule has 5 heteroatoms. The van der Waals surface area contributed by atoms with E-state index in [0.717, 1.165) is 12.3 Å². The Morgan fingerprint density at radius 2 is 2.25 bits per heavy atom. The Kier molecular flexibility index (Phi) is 3.52. The number of aryl methyl sites for hydroxylation is 1. The van der Waals surface area contributed by atoms with Gasteiger partial charge in [-0.25, -0.2) is 4.98 Å². The van der Waals surface area contributed by atoms with Crippen LogP contribution in [0.2, 0.25) is 0 Å². The van der Waals surface area contributed by atoms with Crippen molar-refractivity contribution in [3.63, 3.8) is 0 Å². The topological polar surface area (TPSA) is 67.2 Å².